The number of nitrogens with zero attached hydrogens (tertiary/aromatic N) is 7. The van der Waals surface area contributed by atoms with Gasteiger partial charge in [-0.2, -0.15) is 4.98 Å². The number of nitrogens with one attached hydrogen (secondary N) is 2. The Morgan fingerprint density at radius 1 is 1.02 bits per heavy atom. The molecule has 6 rings (SSSR count). The Kier molecular flexibility index (Phi) is 8.40. The van der Waals surface area contributed by atoms with Crippen LogP contribution in [0.25, 0.3) is 11.0 Å². The Hall–Kier alpha value is -4.23. The van der Waals surface area contributed by atoms with Gasteiger partial charge in [-0.15, -0.1) is 0 Å². The number of likely N-dealkylation sites (N-methyl/N-ethyl adjacent to an activating group) is 1. The van der Waals surface area contributed by atoms with Crippen LogP contribution in [0.5, 0.6) is 5.75 Å². The number of rotatable bonds is 11. The van der Waals surface area contributed by atoms with Gasteiger partial charge in [0.2, 0.25) is 16.0 Å². The van der Waals surface area contributed by atoms with E-state index in [2.05, 4.69) is 68.5 Å². The Balaban J connectivity index is 1.36. The highest BCUT2D eigenvalue weighted by molar-refractivity contribution is 7.92. The predicted octanol–water partition coefficient (Wildman–Crippen LogP) is 4.89. The summed E-state index contributed by atoms with van der Waals surface area (Å²) in [5, 5.41) is 6.84. The van der Waals surface area contributed by atoms with E-state index in [0.717, 1.165) is 50.0 Å². The first-order valence-electron chi connectivity index (χ1n) is 15.3. The van der Waals surface area contributed by atoms with E-state index in [9.17, 15) is 8.42 Å². The van der Waals surface area contributed by atoms with Gasteiger partial charge < -0.3 is 25.2 Å². The van der Waals surface area contributed by atoms with E-state index < -0.39 is 10.0 Å². The molecule has 1 saturated heterocycles. The molecule has 1 atom stereocenters. The molecule has 1 unspecified atom stereocenters. The molecule has 12 nitrogen and oxygen atoms in total. The Bertz CT molecular complexity index is 1830. The van der Waals surface area contributed by atoms with Crippen molar-refractivity contribution in [1.82, 2.24) is 24.8 Å². The molecule has 1 saturated carbocycles. The maximum Gasteiger partial charge on any atom is 0.232 e. The first kappa shape index (κ1) is 30.8. The fraction of sp³-hybridized carbons (Fsp3) is 0.438. The summed E-state index contributed by atoms with van der Waals surface area (Å²) in [6.07, 6.45) is 10.2. The van der Waals surface area contributed by atoms with Crippen LogP contribution in [-0.4, -0.2) is 86.9 Å². The quantitative estimate of drug-likeness (QED) is 0.235. The van der Waals surface area contributed by atoms with Crippen molar-refractivity contribution in [2.45, 2.75) is 44.6 Å². The zero-order valence-corrected chi connectivity index (χ0v) is 27.5. The molecule has 2 aliphatic rings. The number of anilines is 6. The van der Waals surface area contributed by atoms with E-state index in [4.69, 9.17) is 9.72 Å². The lowest BCUT2D eigenvalue weighted by atomic mass is 10.1. The van der Waals surface area contributed by atoms with E-state index in [1.54, 1.807) is 19.5 Å². The summed E-state index contributed by atoms with van der Waals surface area (Å²) in [5.74, 6) is 2.07. The lowest BCUT2D eigenvalue weighted by Crippen LogP contribution is -2.31. The third-order valence-corrected chi connectivity index (χ3v) is 9.95. The molecular formula is C32H41N9O3S. The highest BCUT2D eigenvalue weighted by atomic mass is 32.2. The van der Waals surface area contributed by atoms with Crippen molar-refractivity contribution in [2.24, 2.45) is 0 Å². The summed E-state index contributed by atoms with van der Waals surface area (Å²) in [7, 11) is 3.87. The smallest absolute Gasteiger partial charge is 0.232 e. The van der Waals surface area contributed by atoms with Crippen LogP contribution in [0.1, 0.15) is 43.2 Å². The van der Waals surface area contributed by atoms with Gasteiger partial charge >= 0.3 is 0 Å². The van der Waals surface area contributed by atoms with Crippen LogP contribution in [0.3, 0.4) is 0 Å². The van der Waals surface area contributed by atoms with Crippen molar-refractivity contribution in [3.8, 4) is 5.75 Å². The molecule has 2 aromatic heterocycles. The van der Waals surface area contributed by atoms with Crippen LogP contribution in [0.2, 0.25) is 0 Å². The second-order valence-corrected chi connectivity index (χ2v) is 14.0. The largest absolute Gasteiger partial charge is 0.494 e. The molecule has 0 radical (unpaired) electrons. The Morgan fingerprint density at radius 2 is 1.80 bits per heavy atom. The lowest BCUT2D eigenvalue weighted by molar-refractivity contribution is 0.315. The summed E-state index contributed by atoms with van der Waals surface area (Å²) in [4.78, 5) is 23.2. The van der Waals surface area contributed by atoms with E-state index in [0.29, 0.717) is 51.9 Å². The van der Waals surface area contributed by atoms with Gasteiger partial charge in [0.25, 0.3) is 0 Å². The van der Waals surface area contributed by atoms with Crippen molar-refractivity contribution in [2.75, 3.05) is 67.4 Å². The van der Waals surface area contributed by atoms with Crippen molar-refractivity contribution in [1.29, 1.82) is 0 Å². The van der Waals surface area contributed by atoms with Gasteiger partial charge in [-0.1, -0.05) is 6.92 Å². The maximum atomic E-state index is 12.7. The van der Waals surface area contributed by atoms with E-state index >= 15 is 0 Å². The average molecular weight is 632 g/mol. The van der Waals surface area contributed by atoms with Gasteiger partial charge in [0.1, 0.15) is 22.8 Å². The number of fused-ring (bicyclic) bond motifs is 1. The number of methoxy groups -OCH3 is 1. The molecule has 2 N–H and O–H groups in total. The molecule has 2 fully saturated rings. The summed E-state index contributed by atoms with van der Waals surface area (Å²) >= 11 is 0. The molecule has 0 amide bonds. The lowest BCUT2D eigenvalue weighted by Gasteiger charge is -2.25. The minimum absolute atomic E-state index is 0.338. The van der Waals surface area contributed by atoms with Crippen molar-refractivity contribution in [3.05, 3.63) is 54.0 Å². The summed E-state index contributed by atoms with van der Waals surface area (Å²) in [6.45, 7) is 4.15. The molecule has 0 bridgehead atoms. The average Bonchev–Trinajstić information content (AvgIpc) is 3.74. The molecule has 2 aromatic carbocycles. The van der Waals surface area contributed by atoms with Crippen molar-refractivity contribution in [3.63, 3.8) is 0 Å². The fourth-order valence-electron chi connectivity index (χ4n) is 5.94. The van der Waals surface area contributed by atoms with Gasteiger partial charge in [0.15, 0.2) is 0 Å². The van der Waals surface area contributed by atoms with E-state index in [-0.39, 0.29) is 0 Å². The molecule has 45 heavy (non-hydrogen) atoms. The number of benzene rings is 2. The molecule has 238 valence electrons. The number of ether oxygens (including phenoxy) is 1. The molecule has 1 aliphatic heterocycles. The highest BCUT2D eigenvalue weighted by Gasteiger charge is 2.30. The molecule has 3 heterocycles. The first-order chi connectivity index (χ1) is 21.6. The zero-order valence-electron chi connectivity index (χ0n) is 26.7. The zero-order chi connectivity index (χ0) is 31.9. The molecular weight excluding hydrogens is 590 g/mol. The van der Waals surface area contributed by atoms with Crippen LogP contribution in [-0.2, 0) is 16.4 Å². The Morgan fingerprint density at radius 3 is 2.47 bits per heavy atom. The van der Waals surface area contributed by atoms with Gasteiger partial charge in [-0.05, 0) is 69.5 Å². The topological polar surface area (TPSA) is 129 Å². The predicted molar refractivity (Wildman–Crippen MR) is 180 cm³/mol. The first-order valence-corrected chi connectivity index (χ1v) is 17.1. The van der Waals surface area contributed by atoms with Crippen LogP contribution >= 0.6 is 0 Å². The minimum atomic E-state index is -3.60. The van der Waals surface area contributed by atoms with Gasteiger partial charge in [-0.3, -0.25) is 14.3 Å². The van der Waals surface area contributed by atoms with Crippen LogP contribution < -0.4 is 24.6 Å². The van der Waals surface area contributed by atoms with Gasteiger partial charge in [0.05, 0.1) is 30.3 Å². The van der Waals surface area contributed by atoms with Crippen molar-refractivity contribution >= 4 is 55.6 Å². The monoisotopic (exact) mass is 631 g/mol. The van der Waals surface area contributed by atoms with Crippen molar-refractivity contribution < 1.29 is 13.2 Å². The third kappa shape index (κ3) is 6.32. The van der Waals surface area contributed by atoms with E-state index in [1.165, 1.54) is 28.9 Å². The number of hydrogen-bond acceptors (Lipinski definition) is 11. The SMILES string of the molecule is CCc1cc(Nc2ncc(C3CC3)c(Nc3ccc4nccnc4c3N(C)S(C)(=O)=O)n2)c(OC)cc1N1CCC(N(C)C)C1. The number of sulfonamides is 1. The van der Waals surface area contributed by atoms with Crippen LogP contribution in [0, 0.1) is 0 Å². The number of aromatic nitrogens is 4. The molecule has 4 aromatic rings. The van der Waals surface area contributed by atoms with Crippen LogP contribution in [0.15, 0.2) is 42.9 Å². The van der Waals surface area contributed by atoms with E-state index in [1.807, 2.05) is 18.3 Å². The van der Waals surface area contributed by atoms with Gasteiger partial charge in [-0.25, -0.2) is 13.4 Å². The summed E-state index contributed by atoms with van der Waals surface area (Å²) < 4.78 is 32.5. The van der Waals surface area contributed by atoms with Crippen LogP contribution in [0.4, 0.5) is 34.5 Å². The standard InChI is InChI=1S/C32H41N9O3S/c1-7-20-16-26(28(44-5)17-27(20)41-15-12-22(19-41)39(2)3)37-32-35-18-23(21-8-9-21)31(38-32)36-25-11-10-24-29(34-14-13-33-24)30(25)40(4)45(6,42)43/h10-11,13-14,16-18,21-22H,7-9,12,15,19H2,1-6H3,(H2,35,36,37,38). The molecule has 13 heteroatoms. The number of hydrogen-bond donors (Lipinski definition) is 2. The molecule has 1 aliphatic carbocycles. The number of aryl methyl sites for hydroxylation is 1. The minimum Gasteiger partial charge on any atom is -0.494 e. The Labute approximate surface area is 264 Å². The second kappa shape index (κ2) is 12.3. The fourth-order valence-corrected chi connectivity index (χ4v) is 6.46. The molecule has 0 spiro atoms. The summed E-state index contributed by atoms with van der Waals surface area (Å²) in [5.41, 5.74) is 6.20. The maximum absolute atomic E-state index is 12.7. The normalized spacial score (nSPS) is 16.8. The van der Waals surface area contributed by atoms with Gasteiger partial charge in [0, 0.05) is 62.1 Å². The highest BCUT2D eigenvalue weighted by Crippen LogP contribution is 2.45. The second-order valence-electron chi connectivity index (χ2n) is 12.0. The summed E-state index contributed by atoms with van der Waals surface area (Å²) in [6, 6.07) is 8.40. The third-order valence-electron chi connectivity index (χ3n) is 8.78.